The molecule has 3 nitrogen and oxygen atoms in total. The van der Waals surface area contributed by atoms with Gasteiger partial charge in [0, 0.05) is 6.54 Å². The number of rotatable bonds is 3. The van der Waals surface area contributed by atoms with Crippen molar-refractivity contribution < 1.29 is 23.1 Å². The van der Waals surface area contributed by atoms with Crippen LogP contribution in [-0.4, -0.2) is 28.6 Å². The fourth-order valence-corrected chi connectivity index (χ4v) is 2.38. The van der Waals surface area contributed by atoms with Crippen molar-refractivity contribution in [3.8, 4) is 0 Å². The molecule has 1 fully saturated rings. The highest BCUT2D eigenvalue weighted by atomic mass is 35.5. The quantitative estimate of drug-likeness (QED) is 0.932. The molecule has 20 heavy (non-hydrogen) atoms. The van der Waals surface area contributed by atoms with Crippen LogP contribution in [0.15, 0.2) is 24.3 Å². The van der Waals surface area contributed by atoms with E-state index in [9.17, 15) is 18.0 Å². The summed E-state index contributed by atoms with van der Waals surface area (Å²) in [6.07, 6.45) is -3.06. The number of carbonyl (C=O) groups is 1. The number of carboxylic acids is 1. The van der Waals surface area contributed by atoms with Gasteiger partial charge in [-0.05, 0) is 31.0 Å². The number of hydrogen-bond acceptors (Lipinski definition) is 2. The second-order valence-corrected chi connectivity index (χ2v) is 4.66. The van der Waals surface area contributed by atoms with Crippen LogP contribution in [0.5, 0.6) is 0 Å². The Kier molecular flexibility index (Phi) is 5.42. The molecule has 1 N–H and O–H groups in total. The van der Waals surface area contributed by atoms with Crippen molar-refractivity contribution in [3.05, 3.63) is 35.4 Å². The van der Waals surface area contributed by atoms with Crippen LogP contribution >= 0.6 is 12.4 Å². The zero-order valence-electron chi connectivity index (χ0n) is 10.6. The Labute approximate surface area is 120 Å². The van der Waals surface area contributed by atoms with Crippen LogP contribution in [0.2, 0.25) is 0 Å². The molecule has 1 aromatic carbocycles. The third kappa shape index (κ3) is 3.86. The van der Waals surface area contributed by atoms with Crippen molar-refractivity contribution in [3.63, 3.8) is 0 Å². The van der Waals surface area contributed by atoms with Gasteiger partial charge in [-0.15, -0.1) is 12.4 Å². The van der Waals surface area contributed by atoms with E-state index in [4.69, 9.17) is 5.11 Å². The lowest BCUT2D eigenvalue weighted by molar-refractivity contribution is -0.142. The Morgan fingerprint density at radius 2 is 2.10 bits per heavy atom. The van der Waals surface area contributed by atoms with Crippen LogP contribution in [0, 0.1) is 0 Å². The fourth-order valence-electron chi connectivity index (χ4n) is 2.38. The van der Waals surface area contributed by atoms with E-state index in [1.165, 1.54) is 6.07 Å². The molecular weight excluding hydrogens is 295 g/mol. The normalized spacial score (nSPS) is 19.6. The van der Waals surface area contributed by atoms with Crippen molar-refractivity contribution in [1.29, 1.82) is 0 Å². The predicted molar refractivity (Wildman–Crippen MR) is 69.8 cm³/mol. The molecule has 112 valence electrons. The van der Waals surface area contributed by atoms with Gasteiger partial charge < -0.3 is 5.11 Å². The van der Waals surface area contributed by atoms with Gasteiger partial charge in [0.2, 0.25) is 0 Å². The van der Waals surface area contributed by atoms with E-state index in [1.54, 1.807) is 11.0 Å². The first kappa shape index (κ1) is 16.8. The molecule has 1 aliphatic rings. The number of aliphatic carboxylic acids is 1. The SMILES string of the molecule is Cl.O=C(O)C1CCCN1Cc1cccc(C(F)(F)F)c1. The first-order valence-corrected chi connectivity index (χ1v) is 6.01. The molecule has 1 saturated heterocycles. The van der Waals surface area contributed by atoms with Gasteiger partial charge in [0.1, 0.15) is 6.04 Å². The molecule has 0 aromatic heterocycles. The van der Waals surface area contributed by atoms with Gasteiger partial charge in [-0.1, -0.05) is 18.2 Å². The van der Waals surface area contributed by atoms with Crippen LogP contribution in [-0.2, 0) is 17.5 Å². The van der Waals surface area contributed by atoms with E-state index in [2.05, 4.69) is 0 Å². The topological polar surface area (TPSA) is 40.5 Å². The molecule has 0 spiro atoms. The van der Waals surface area contributed by atoms with Gasteiger partial charge in [-0.2, -0.15) is 13.2 Å². The highest BCUT2D eigenvalue weighted by Crippen LogP contribution is 2.30. The number of halogens is 4. The maximum Gasteiger partial charge on any atom is 0.416 e. The number of hydrogen-bond donors (Lipinski definition) is 1. The summed E-state index contributed by atoms with van der Waals surface area (Å²) in [7, 11) is 0. The molecule has 1 unspecified atom stereocenters. The average Bonchev–Trinajstić information content (AvgIpc) is 2.76. The van der Waals surface area contributed by atoms with Crippen molar-refractivity contribution in [2.75, 3.05) is 6.54 Å². The van der Waals surface area contributed by atoms with Crippen molar-refractivity contribution in [2.24, 2.45) is 0 Å². The summed E-state index contributed by atoms with van der Waals surface area (Å²) in [4.78, 5) is 12.7. The van der Waals surface area contributed by atoms with Crippen LogP contribution in [0.4, 0.5) is 13.2 Å². The molecule has 0 radical (unpaired) electrons. The van der Waals surface area contributed by atoms with E-state index >= 15 is 0 Å². The minimum Gasteiger partial charge on any atom is -0.480 e. The number of alkyl halides is 3. The number of benzene rings is 1. The largest absolute Gasteiger partial charge is 0.480 e. The summed E-state index contributed by atoms with van der Waals surface area (Å²) in [5.74, 6) is -0.913. The molecule has 7 heteroatoms. The van der Waals surface area contributed by atoms with Gasteiger partial charge in [0.15, 0.2) is 0 Å². The van der Waals surface area contributed by atoms with Gasteiger partial charge >= 0.3 is 12.1 Å². The third-order valence-corrected chi connectivity index (χ3v) is 3.29. The first-order chi connectivity index (χ1) is 8.88. The lowest BCUT2D eigenvalue weighted by atomic mass is 10.1. The summed E-state index contributed by atoms with van der Waals surface area (Å²) in [5, 5.41) is 9.02. The van der Waals surface area contributed by atoms with Gasteiger partial charge in [0.25, 0.3) is 0 Å². The lowest BCUT2D eigenvalue weighted by Crippen LogP contribution is -2.35. The smallest absolute Gasteiger partial charge is 0.416 e. The zero-order chi connectivity index (χ0) is 14.0. The van der Waals surface area contributed by atoms with Crippen molar-refractivity contribution >= 4 is 18.4 Å². The van der Waals surface area contributed by atoms with E-state index in [-0.39, 0.29) is 19.0 Å². The molecule has 0 aliphatic carbocycles. The average molecular weight is 310 g/mol. The van der Waals surface area contributed by atoms with Crippen molar-refractivity contribution in [1.82, 2.24) is 4.90 Å². The maximum atomic E-state index is 12.6. The highest BCUT2D eigenvalue weighted by molar-refractivity contribution is 5.85. The molecular formula is C13H15ClF3NO2. The number of carboxylic acid groups (broad SMARTS) is 1. The molecule has 1 aliphatic heterocycles. The Balaban J connectivity index is 0.00000200. The van der Waals surface area contributed by atoms with Gasteiger partial charge in [-0.25, -0.2) is 0 Å². The van der Waals surface area contributed by atoms with E-state index in [1.807, 2.05) is 0 Å². The lowest BCUT2D eigenvalue weighted by Gasteiger charge is -2.21. The summed E-state index contributed by atoms with van der Waals surface area (Å²) in [6, 6.07) is 4.45. The number of nitrogens with zero attached hydrogens (tertiary/aromatic N) is 1. The second kappa shape index (κ2) is 6.45. The fraction of sp³-hybridized carbons (Fsp3) is 0.462. The standard InChI is InChI=1S/C13H14F3NO2.ClH/c14-13(15,16)10-4-1-3-9(7-10)8-17-6-2-5-11(17)12(18)19;/h1,3-4,7,11H,2,5-6,8H2,(H,18,19);1H. The molecule has 1 heterocycles. The zero-order valence-corrected chi connectivity index (χ0v) is 11.4. The molecule has 0 amide bonds. The Morgan fingerprint density at radius 1 is 1.40 bits per heavy atom. The van der Waals surface area contributed by atoms with Crippen LogP contribution in [0.25, 0.3) is 0 Å². The first-order valence-electron chi connectivity index (χ1n) is 6.01. The van der Waals surface area contributed by atoms with Gasteiger partial charge in [0.05, 0.1) is 5.56 Å². The Morgan fingerprint density at radius 3 is 2.70 bits per heavy atom. The Bertz CT molecular complexity index is 479. The monoisotopic (exact) mass is 309 g/mol. The van der Waals surface area contributed by atoms with Crippen LogP contribution in [0.3, 0.4) is 0 Å². The van der Waals surface area contributed by atoms with Gasteiger partial charge in [-0.3, -0.25) is 9.69 Å². The second-order valence-electron chi connectivity index (χ2n) is 4.66. The molecule has 1 aromatic rings. The predicted octanol–water partition coefficient (Wildman–Crippen LogP) is 3.18. The minimum absolute atomic E-state index is 0. The van der Waals surface area contributed by atoms with E-state index in [0.717, 1.165) is 18.6 Å². The van der Waals surface area contributed by atoms with Crippen LogP contribution in [0.1, 0.15) is 24.0 Å². The summed E-state index contributed by atoms with van der Waals surface area (Å²) < 4.78 is 37.7. The summed E-state index contributed by atoms with van der Waals surface area (Å²) in [5.41, 5.74) is -0.209. The summed E-state index contributed by atoms with van der Waals surface area (Å²) in [6.45, 7) is 0.841. The van der Waals surface area contributed by atoms with Crippen molar-refractivity contribution in [2.45, 2.75) is 31.6 Å². The minimum atomic E-state index is -4.37. The Hall–Kier alpha value is -1.27. The third-order valence-electron chi connectivity index (χ3n) is 3.29. The molecule has 0 saturated carbocycles. The summed E-state index contributed by atoms with van der Waals surface area (Å²) >= 11 is 0. The molecule has 1 atom stereocenters. The molecule has 2 rings (SSSR count). The number of likely N-dealkylation sites (tertiary alicyclic amines) is 1. The molecule has 0 bridgehead atoms. The van der Waals surface area contributed by atoms with E-state index < -0.39 is 23.8 Å². The highest BCUT2D eigenvalue weighted by Gasteiger charge is 2.32. The van der Waals surface area contributed by atoms with E-state index in [0.29, 0.717) is 18.5 Å². The van der Waals surface area contributed by atoms with Crippen LogP contribution < -0.4 is 0 Å². The maximum absolute atomic E-state index is 12.6.